The molecule has 101 valence electrons. The van der Waals surface area contributed by atoms with Gasteiger partial charge in [0.15, 0.2) is 5.16 Å². The van der Waals surface area contributed by atoms with E-state index in [2.05, 4.69) is 46.8 Å². The van der Waals surface area contributed by atoms with Crippen molar-refractivity contribution in [1.29, 1.82) is 0 Å². The number of hydrogen-bond donors (Lipinski definition) is 1. The first-order valence-electron chi connectivity index (χ1n) is 6.96. The van der Waals surface area contributed by atoms with Crippen LogP contribution in [-0.2, 0) is 13.0 Å². The van der Waals surface area contributed by atoms with Crippen molar-refractivity contribution >= 4 is 22.8 Å². The van der Waals surface area contributed by atoms with Crippen molar-refractivity contribution < 1.29 is 0 Å². The van der Waals surface area contributed by atoms with Crippen molar-refractivity contribution in [2.75, 3.05) is 0 Å². The summed E-state index contributed by atoms with van der Waals surface area (Å²) in [5.41, 5.74) is 4.82. The molecule has 3 heterocycles. The van der Waals surface area contributed by atoms with Crippen molar-refractivity contribution in [2.24, 2.45) is 0 Å². The number of nitrogens with zero attached hydrogens (tertiary/aromatic N) is 3. The van der Waals surface area contributed by atoms with Crippen LogP contribution in [0.3, 0.4) is 0 Å². The summed E-state index contributed by atoms with van der Waals surface area (Å²) in [5.74, 6) is 0. The zero-order valence-electron chi connectivity index (χ0n) is 11.3. The van der Waals surface area contributed by atoms with Gasteiger partial charge in [-0.15, -0.1) is 11.8 Å². The van der Waals surface area contributed by atoms with Crippen molar-refractivity contribution in [3.63, 3.8) is 0 Å². The number of benzene rings is 1. The first-order valence-corrected chi connectivity index (χ1v) is 7.92. The Kier molecular flexibility index (Phi) is 2.77. The van der Waals surface area contributed by atoms with E-state index in [4.69, 9.17) is 4.98 Å². The van der Waals surface area contributed by atoms with Crippen molar-refractivity contribution in [3.8, 4) is 0 Å². The van der Waals surface area contributed by atoms with Gasteiger partial charge < -0.3 is 4.57 Å². The molecule has 0 spiro atoms. The van der Waals surface area contributed by atoms with E-state index in [0.717, 1.165) is 23.6 Å². The first kappa shape index (κ1) is 12.0. The minimum Gasteiger partial charge on any atom is -0.318 e. The molecule has 1 radical (unpaired) electrons. The molecule has 0 saturated carbocycles. The first-order chi connectivity index (χ1) is 9.85. The number of aryl methyl sites for hydroxylation is 1. The highest BCUT2D eigenvalue weighted by Gasteiger charge is 2.26. The molecule has 1 aliphatic rings. The van der Waals surface area contributed by atoms with Crippen LogP contribution in [0.15, 0.2) is 47.8 Å². The van der Waals surface area contributed by atoms with Gasteiger partial charge in [-0.3, -0.25) is 4.98 Å². The van der Waals surface area contributed by atoms with Gasteiger partial charge in [0, 0.05) is 12.7 Å². The number of para-hydroxylation sites is 2. The molecule has 0 fully saturated rings. The summed E-state index contributed by atoms with van der Waals surface area (Å²) >= 11 is 1.27. The number of thiol groups is 1. The van der Waals surface area contributed by atoms with Gasteiger partial charge in [-0.25, -0.2) is 4.98 Å². The van der Waals surface area contributed by atoms with E-state index in [1.807, 2.05) is 12.3 Å². The van der Waals surface area contributed by atoms with E-state index in [-0.39, 0.29) is 0 Å². The number of aromatic nitrogens is 3. The third-order valence-electron chi connectivity index (χ3n) is 3.86. The van der Waals surface area contributed by atoms with Crippen LogP contribution in [0.4, 0.5) is 0 Å². The number of hydrogen-bond acceptors (Lipinski definition) is 2. The van der Waals surface area contributed by atoms with Crippen molar-refractivity contribution in [1.82, 2.24) is 14.5 Å². The molecule has 2 aromatic heterocycles. The number of fused-ring (bicyclic) bond motifs is 3. The monoisotopic (exact) mass is 282 g/mol. The average Bonchev–Trinajstić information content (AvgIpc) is 3.05. The van der Waals surface area contributed by atoms with Crippen molar-refractivity contribution in [3.05, 3.63) is 53.9 Å². The molecule has 1 unspecified atom stereocenters. The zero-order valence-corrected chi connectivity index (χ0v) is 12.2. The van der Waals surface area contributed by atoms with Crippen LogP contribution in [-0.4, -0.2) is 14.5 Å². The average molecular weight is 282 g/mol. The molecule has 4 rings (SSSR count). The molecular weight excluding hydrogens is 266 g/mol. The molecule has 3 aromatic rings. The molecule has 0 amide bonds. The molecule has 3 nitrogen and oxygen atoms in total. The maximum Gasteiger partial charge on any atom is 0.157 e. The van der Waals surface area contributed by atoms with E-state index < -0.39 is 0 Å². The van der Waals surface area contributed by atoms with E-state index in [0.29, 0.717) is 5.25 Å². The molecule has 4 heteroatoms. The molecule has 1 atom stereocenters. The maximum atomic E-state index is 4.73. The molecule has 20 heavy (non-hydrogen) atoms. The second-order valence-electron chi connectivity index (χ2n) is 5.10. The summed E-state index contributed by atoms with van der Waals surface area (Å²) in [5, 5.41) is 1.60. The van der Waals surface area contributed by atoms with Crippen LogP contribution < -0.4 is 0 Å². The molecular formula is C16H16N3S. The van der Waals surface area contributed by atoms with Gasteiger partial charge >= 0.3 is 0 Å². The van der Waals surface area contributed by atoms with Gasteiger partial charge in [0.2, 0.25) is 0 Å². The smallest absolute Gasteiger partial charge is 0.157 e. The number of pyridine rings is 1. The van der Waals surface area contributed by atoms with E-state index >= 15 is 0 Å². The minimum atomic E-state index is 0.438. The van der Waals surface area contributed by atoms with Gasteiger partial charge in [0.05, 0.1) is 22.0 Å². The van der Waals surface area contributed by atoms with Crippen molar-refractivity contribution in [2.45, 2.75) is 30.3 Å². The quantitative estimate of drug-likeness (QED) is 0.728. The summed E-state index contributed by atoms with van der Waals surface area (Å²) in [6, 6.07) is 12.7. The number of rotatable bonds is 2. The van der Waals surface area contributed by atoms with Gasteiger partial charge in [0.1, 0.15) is 0 Å². The standard InChI is InChI=1S/C16H16N3S/c1-2-11-7-8-13(17-9-11)15-10-19-14-6-4-3-5-12(14)18-16(19)20-15/h3-9,15,20H,2,10H2,1H3. The third kappa shape index (κ3) is 1.83. The maximum absolute atomic E-state index is 4.73. The fourth-order valence-electron chi connectivity index (χ4n) is 2.70. The third-order valence-corrected chi connectivity index (χ3v) is 5.17. The van der Waals surface area contributed by atoms with E-state index in [1.54, 1.807) is 0 Å². The molecule has 0 saturated heterocycles. The predicted molar refractivity (Wildman–Crippen MR) is 83.3 cm³/mol. The Labute approximate surface area is 122 Å². The van der Waals surface area contributed by atoms with Crippen LogP contribution >= 0.6 is 11.8 Å². The lowest BCUT2D eigenvalue weighted by atomic mass is 10.2. The van der Waals surface area contributed by atoms with Crippen LogP contribution in [0, 0.1) is 0 Å². The highest BCUT2D eigenvalue weighted by atomic mass is 32.2. The van der Waals surface area contributed by atoms with Gasteiger partial charge in [-0.05, 0) is 30.2 Å². The molecule has 1 aromatic carbocycles. The molecule has 0 N–H and O–H groups in total. The summed E-state index contributed by atoms with van der Waals surface area (Å²) < 4.78 is 2.33. The summed E-state index contributed by atoms with van der Waals surface area (Å²) in [6.45, 7) is 3.14. The Hall–Kier alpha value is -1.81. The Balaban J connectivity index is 1.67. The highest BCUT2D eigenvalue weighted by Crippen LogP contribution is 2.43. The minimum absolute atomic E-state index is 0.438. The van der Waals surface area contributed by atoms with Crippen LogP contribution in [0.2, 0.25) is 0 Å². The highest BCUT2D eigenvalue weighted by molar-refractivity contribution is 7.99. The lowest BCUT2D eigenvalue weighted by Gasteiger charge is -2.09. The lowest BCUT2D eigenvalue weighted by molar-refractivity contribution is 0.674. The fourth-order valence-corrected chi connectivity index (χ4v) is 4.00. The van der Waals surface area contributed by atoms with Gasteiger partial charge in [0.25, 0.3) is 0 Å². The van der Waals surface area contributed by atoms with Gasteiger partial charge in [-0.2, -0.15) is 0 Å². The Bertz CT molecular complexity index is 761. The molecule has 0 bridgehead atoms. The largest absolute Gasteiger partial charge is 0.318 e. The van der Waals surface area contributed by atoms with E-state index in [1.165, 1.54) is 28.5 Å². The Morgan fingerprint density at radius 3 is 2.95 bits per heavy atom. The summed E-state index contributed by atoms with van der Waals surface area (Å²) in [4.78, 5) is 9.35. The SMILES string of the molecule is CCc1ccc(C2Cn3c(nc4ccccc43)[SH]2)nc1. The summed E-state index contributed by atoms with van der Waals surface area (Å²) in [6.07, 6.45) is 3.05. The fraction of sp³-hybridized carbons (Fsp3) is 0.250. The normalized spacial score (nSPS) is 17.6. The second kappa shape index (κ2) is 4.63. The zero-order chi connectivity index (χ0) is 13.5. The van der Waals surface area contributed by atoms with Crippen LogP contribution in [0.1, 0.15) is 23.4 Å². The number of imidazole rings is 1. The Morgan fingerprint density at radius 2 is 2.15 bits per heavy atom. The second-order valence-corrected chi connectivity index (χ2v) is 6.38. The van der Waals surface area contributed by atoms with Gasteiger partial charge in [-0.1, -0.05) is 25.1 Å². The lowest BCUT2D eigenvalue weighted by Crippen LogP contribution is -2.01. The Morgan fingerprint density at radius 1 is 1.25 bits per heavy atom. The summed E-state index contributed by atoms with van der Waals surface area (Å²) in [7, 11) is 0. The molecule has 0 aliphatic carbocycles. The topological polar surface area (TPSA) is 30.7 Å². The molecule has 1 aliphatic heterocycles. The predicted octanol–water partition coefficient (Wildman–Crippen LogP) is 3.57. The van der Waals surface area contributed by atoms with Crippen LogP contribution in [0.25, 0.3) is 11.0 Å². The van der Waals surface area contributed by atoms with Crippen LogP contribution in [0.5, 0.6) is 0 Å². The van der Waals surface area contributed by atoms with E-state index in [9.17, 15) is 0 Å².